The summed E-state index contributed by atoms with van der Waals surface area (Å²) in [6, 6.07) is 3.48. The van der Waals surface area contributed by atoms with Gasteiger partial charge in [0.05, 0.1) is 5.56 Å². The van der Waals surface area contributed by atoms with E-state index >= 15 is 0 Å². The van der Waals surface area contributed by atoms with E-state index in [2.05, 4.69) is 15.1 Å². The summed E-state index contributed by atoms with van der Waals surface area (Å²) in [5.41, 5.74) is 5.72. The van der Waals surface area contributed by atoms with Gasteiger partial charge in [-0.1, -0.05) is 12.1 Å². The number of nitrogens with two attached hydrogens (primary N) is 1. The first-order valence-electron chi connectivity index (χ1n) is 5.70. The Morgan fingerprint density at radius 1 is 1.44 bits per heavy atom. The van der Waals surface area contributed by atoms with Crippen LogP contribution in [-0.2, 0) is 10.3 Å². The maximum atomic E-state index is 5.52. The lowest BCUT2D eigenvalue weighted by Gasteiger charge is -2.21. The molecule has 0 saturated carbocycles. The van der Waals surface area contributed by atoms with E-state index in [1.54, 1.807) is 25.4 Å². The van der Waals surface area contributed by atoms with Gasteiger partial charge in [0.15, 0.2) is 0 Å². The summed E-state index contributed by atoms with van der Waals surface area (Å²) in [4.78, 5) is 8.33. The van der Waals surface area contributed by atoms with Gasteiger partial charge in [-0.05, 0) is 25.5 Å². The van der Waals surface area contributed by atoms with E-state index in [1.165, 1.54) is 0 Å². The van der Waals surface area contributed by atoms with Gasteiger partial charge in [0, 0.05) is 13.3 Å². The van der Waals surface area contributed by atoms with E-state index in [0.717, 1.165) is 12.0 Å². The summed E-state index contributed by atoms with van der Waals surface area (Å²) in [5.74, 6) is 1.39. The lowest BCUT2D eigenvalue weighted by atomic mass is 10.0. The van der Waals surface area contributed by atoms with Gasteiger partial charge in [-0.25, -0.2) is 4.98 Å². The number of hydrogen-bond acceptors (Lipinski definition) is 6. The van der Waals surface area contributed by atoms with Gasteiger partial charge in [-0.3, -0.25) is 0 Å². The lowest BCUT2D eigenvalue weighted by Crippen LogP contribution is -2.24. The van der Waals surface area contributed by atoms with Crippen molar-refractivity contribution in [2.24, 2.45) is 0 Å². The molecule has 2 N–H and O–H groups in total. The topological polar surface area (TPSA) is 87.1 Å². The fourth-order valence-electron chi connectivity index (χ4n) is 1.48. The van der Waals surface area contributed by atoms with Crippen LogP contribution in [0.3, 0.4) is 0 Å². The molecule has 0 fully saturated rings. The number of ether oxygens (including phenoxy) is 1. The SMILES string of the molecule is CCC(C)(OC)c1noc(-c2ccc(N)nc2)n1. The highest BCUT2D eigenvalue weighted by Crippen LogP contribution is 2.27. The molecule has 2 aromatic rings. The zero-order valence-corrected chi connectivity index (χ0v) is 10.7. The fourth-order valence-corrected chi connectivity index (χ4v) is 1.48. The Bertz CT molecular complexity index is 517. The Hall–Kier alpha value is -1.95. The van der Waals surface area contributed by atoms with Crippen LogP contribution >= 0.6 is 0 Å². The molecule has 1 unspecified atom stereocenters. The third kappa shape index (κ3) is 2.19. The van der Waals surface area contributed by atoms with Crippen LogP contribution in [0.4, 0.5) is 5.82 Å². The van der Waals surface area contributed by atoms with Crippen LogP contribution in [0.5, 0.6) is 0 Å². The average Bonchev–Trinajstić information content (AvgIpc) is 2.89. The molecule has 1 atom stereocenters. The highest BCUT2D eigenvalue weighted by Gasteiger charge is 2.30. The zero-order valence-electron chi connectivity index (χ0n) is 10.7. The highest BCUT2D eigenvalue weighted by molar-refractivity contribution is 5.53. The van der Waals surface area contributed by atoms with Crippen molar-refractivity contribution in [2.45, 2.75) is 25.9 Å². The van der Waals surface area contributed by atoms with Crippen LogP contribution in [0.2, 0.25) is 0 Å². The van der Waals surface area contributed by atoms with Gasteiger partial charge in [0.1, 0.15) is 11.4 Å². The second-order valence-electron chi connectivity index (χ2n) is 4.18. The molecular formula is C12H16N4O2. The molecule has 18 heavy (non-hydrogen) atoms. The van der Waals surface area contributed by atoms with Crippen LogP contribution in [-0.4, -0.2) is 22.2 Å². The molecule has 0 radical (unpaired) electrons. The van der Waals surface area contributed by atoms with Crippen molar-refractivity contribution < 1.29 is 9.26 Å². The summed E-state index contributed by atoms with van der Waals surface area (Å²) >= 11 is 0. The van der Waals surface area contributed by atoms with Crippen molar-refractivity contribution in [2.75, 3.05) is 12.8 Å². The lowest BCUT2D eigenvalue weighted by molar-refractivity contribution is -0.0106. The molecule has 6 heteroatoms. The minimum atomic E-state index is -0.539. The van der Waals surface area contributed by atoms with Gasteiger partial charge < -0.3 is 15.0 Å². The minimum absolute atomic E-state index is 0.411. The quantitative estimate of drug-likeness (QED) is 0.890. The summed E-state index contributed by atoms with van der Waals surface area (Å²) < 4.78 is 10.6. The zero-order chi connectivity index (χ0) is 13.2. The first-order chi connectivity index (χ1) is 8.59. The second-order valence-corrected chi connectivity index (χ2v) is 4.18. The number of hydrogen-bond donors (Lipinski definition) is 1. The van der Waals surface area contributed by atoms with E-state index in [4.69, 9.17) is 15.0 Å². The summed E-state index contributed by atoms with van der Waals surface area (Å²) in [6.07, 6.45) is 2.35. The standard InChI is InChI=1S/C12H16N4O2/c1-4-12(2,17-3)11-15-10(18-16-11)8-5-6-9(13)14-7-8/h5-7H,4H2,1-3H3,(H2,13,14). The first-order valence-corrected chi connectivity index (χ1v) is 5.70. The van der Waals surface area contributed by atoms with Crippen LogP contribution in [0.1, 0.15) is 26.1 Å². The number of pyridine rings is 1. The van der Waals surface area contributed by atoms with E-state index in [0.29, 0.717) is 17.5 Å². The minimum Gasteiger partial charge on any atom is -0.384 e. The molecule has 6 nitrogen and oxygen atoms in total. The predicted octanol–water partition coefficient (Wildman–Crippen LogP) is 1.99. The number of methoxy groups -OCH3 is 1. The maximum Gasteiger partial charge on any atom is 0.259 e. The Balaban J connectivity index is 2.33. The van der Waals surface area contributed by atoms with E-state index in [9.17, 15) is 0 Å². The normalized spacial score (nSPS) is 14.4. The molecule has 0 aliphatic carbocycles. The van der Waals surface area contributed by atoms with Gasteiger partial charge in [0.25, 0.3) is 5.89 Å². The van der Waals surface area contributed by atoms with Crippen LogP contribution in [0.25, 0.3) is 11.5 Å². The molecule has 0 saturated heterocycles. The maximum absolute atomic E-state index is 5.52. The van der Waals surface area contributed by atoms with E-state index in [-0.39, 0.29) is 0 Å². The first kappa shape index (κ1) is 12.5. The number of aromatic nitrogens is 3. The molecule has 2 rings (SSSR count). The molecule has 0 bridgehead atoms. The molecule has 96 valence electrons. The van der Waals surface area contributed by atoms with Gasteiger partial charge in [-0.2, -0.15) is 4.98 Å². The largest absolute Gasteiger partial charge is 0.384 e. The molecule has 0 aromatic carbocycles. The van der Waals surface area contributed by atoms with Crippen LogP contribution in [0.15, 0.2) is 22.9 Å². The van der Waals surface area contributed by atoms with Crippen molar-refractivity contribution in [3.05, 3.63) is 24.2 Å². The molecule has 2 heterocycles. The van der Waals surface area contributed by atoms with Crippen molar-refractivity contribution in [3.8, 4) is 11.5 Å². The van der Waals surface area contributed by atoms with Crippen molar-refractivity contribution in [1.82, 2.24) is 15.1 Å². The van der Waals surface area contributed by atoms with Gasteiger partial charge in [0.2, 0.25) is 5.82 Å². The van der Waals surface area contributed by atoms with Crippen molar-refractivity contribution >= 4 is 5.82 Å². The fraction of sp³-hybridized carbons (Fsp3) is 0.417. The number of anilines is 1. The van der Waals surface area contributed by atoms with E-state index in [1.807, 2.05) is 13.8 Å². The highest BCUT2D eigenvalue weighted by atomic mass is 16.5. The van der Waals surface area contributed by atoms with Crippen LogP contribution in [0, 0.1) is 0 Å². The Morgan fingerprint density at radius 3 is 2.78 bits per heavy atom. The Kier molecular flexibility index (Phi) is 3.29. The van der Waals surface area contributed by atoms with Crippen molar-refractivity contribution in [3.63, 3.8) is 0 Å². The van der Waals surface area contributed by atoms with Gasteiger partial charge in [-0.15, -0.1) is 0 Å². The molecule has 0 amide bonds. The number of nitrogen functional groups attached to an aromatic ring is 1. The summed E-state index contributed by atoms with van der Waals surface area (Å²) in [6.45, 7) is 3.92. The van der Waals surface area contributed by atoms with Crippen LogP contribution < -0.4 is 5.73 Å². The molecule has 2 aromatic heterocycles. The Morgan fingerprint density at radius 2 is 2.22 bits per heavy atom. The van der Waals surface area contributed by atoms with E-state index < -0.39 is 5.60 Å². The molecule has 0 aliphatic rings. The predicted molar refractivity (Wildman–Crippen MR) is 66.6 cm³/mol. The van der Waals surface area contributed by atoms with Gasteiger partial charge >= 0.3 is 0 Å². The second kappa shape index (κ2) is 4.73. The third-order valence-corrected chi connectivity index (χ3v) is 3.06. The monoisotopic (exact) mass is 248 g/mol. The molecular weight excluding hydrogens is 232 g/mol. The Labute approximate surface area is 105 Å². The number of nitrogens with zero attached hydrogens (tertiary/aromatic N) is 3. The van der Waals surface area contributed by atoms with Crippen molar-refractivity contribution in [1.29, 1.82) is 0 Å². The summed E-state index contributed by atoms with van der Waals surface area (Å²) in [7, 11) is 1.63. The smallest absolute Gasteiger partial charge is 0.259 e. The molecule has 0 aliphatic heterocycles. The number of rotatable bonds is 4. The average molecular weight is 248 g/mol. The molecule has 0 spiro atoms. The third-order valence-electron chi connectivity index (χ3n) is 3.06. The summed E-state index contributed by atoms with van der Waals surface area (Å²) in [5, 5.41) is 3.96.